The van der Waals surface area contributed by atoms with Crippen molar-refractivity contribution in [2.45, 2.75) is 59.3 Å². The van der Waals surface area contributed by atoms with Crippen molar-refractivity contribution >= 4 is 17.6 Å². The highest BCUT2D eigenvalue weighted by atomic mass is 16.2. The van der Waals surface area contributed by atoms with E-state index in [0.29, 0.717) is 12.4 Å². The van der Waals surface area contributed by atoms with Crippen molar-refractivity contribution in [3.63, 3.8) is 0 Å². The van der Waals surface area contributed by atoms with Gasteiger partial charge in [0.05, 0.1) is 17.9 Å². The van der Waals surface area contributed by atoms with E-state index in [2.05, 4.69) is 12.2 Å². The molecule has 4 rings (SSSR count). The van der Waals surface area contributed by atoms with Gasteiger partial charge < -0.3 is 10.2 Å². The van der Waals surface area contributed by atoms with Gasteiger partial charge in [-0.05, 0) is 50.8 Å². The van der Waals surface area contributed by atoms with E-state index in [1.807, 2.05) is 68.4 Å². The highest BCUT2D eigenvalue weighted by molar-refractivity contribution is 5.98. The first-order valence-electron chi connectivity index (χ1n) is 12.8. The maximum Gasteiger partial charge on any atom is 0.245 e. The molecule has 3 aromatic rings. The van der Waals surface area contributed by atoms with E-state index in [9.17, 15) is 9.59 Å². The predicted molar refractivity (Wildman–Crippen MR) is 141 cm³/mol. The number of carbonyl (C=O) groups is 2. The number of rotatable bonds is 9. The second kappa shape index (κ2) is 11.3. The van der Waals surface area contributed by atoms with Gasteiger partial charge in [0.1, 0.15) is 5.82 Å². The maximum atomic E-state index is 13.4. The highest BCUT2D eigenvalue weighted by Gasteiger charge is 2.29. The molecule has 6 nitrogen and oxygen atoms in total. The normalized spacial score (nSPS) is 13.7. The van der Waals surface area contributed by atoms with E-state index in [1.165, 1.54) is 0 Å². The topological polar surface area (TPSA) is 67.2 Å². The quantitative estimate of drug-likeness (QED) is 0.421. The minimum atomic E-state index is -0.196. The monoisotopic (exact) mass is 472 g/mol. The lowest BCUT2D eigenvalue weighted by Gasteiger charge is -2.25. The summed E-state index contributed by atoms with van der Waals surface area (Å²) in [6.07, 6.45) is 5.93. The third-order valence-corrected chi connectivity index (χ3v) is 6.79. The standard InChI is InChI=1S/C29H36N4O2/c1-4-5-19-32(29(35)24-13-9-10-14-24)20-26(34)30-28-27(23-11-7-6-8-12-23)22(3)31-33(28)25-17-15-21(2)16-18-25/h6-8,11-12,15-18,24H,4-5,9-10,13-14,19-20H2,1-3H3,(H,30,34). The molecule has 35 heavy (non-hydrogen) atoms. The summed E-state index contributed by atoms with van der Waals surface area (Å²) in [5, 5.41) is 7.92. The van der Waals surface area contributed by atoms with Crippen LogP contribution in [0.25, 0.3) is 16.8 Å². The van der Waals surface area contributed by atoms with Crippen molar-refractivity contribution in [3.05, 3.63) is 65.9 Å². The Balaban J connectivity index is 1.64. The fraction of sp³-hybridized carbons (Fsp3) is 0.414. The third kappa shape index (κ3) is 5.81. The lowest BCUT2D eigenvalue weighted by Crippen LogP contribution is -2.41. The minimum absolute atomic E-state index is 0.0554. The summed E-state index contributed by atoms with van der Waals surface area (Å²) in [6.45, 7) is 6.78. The lowest BCUT2D eigenvalue weighted by molar-refractivity contribution is -0.138. The van der Waals surface area contributed by atoms with E-state index < -0.39 is 0 Å². The molecule has 0 atom stereocenters. The molecule has 2 amide bonds. The number of aromatic nitrogens is 2. The number of amides is 2. The number of hydrogen-bond donors (Lipinski definition) is 1. The number of aryl methyl sites for hydroxylation is 2. The molecule has 2 aromatic carbocycles. The van der Waals surface area contributed by atoms with Crippen molar-refractivity contribution < 1.29 is 9.59 Å². The Labute approximate surface area is 208 Å². The molecule has 1 heterocycles. The molecular weight excluding hydrogens is 436 g/mol. The predicted octanol–water partition coefficient (Wildman–Crippen LogP) is 5.91. The number of hydrogen-bond acceptors (Lipinski definition) is 3. The second-order valence-electron chi connectivity index (χ2n) is 9.57. The zero-order valence-electron chi connectivity index (χ0n) is 21.1. The number of carbonyl (C=O) groups excluding carboxylic acids is 2. The number of benzene rings is 2. The van der Waals surface area contributed by atoms with Crippen LogP contribution in [0.5, 0.6) is 0 Å². The van der Waals surface area contributed by atoms with Gasteiger partial charge in [0.25, 0.3) is 0 Å². The number of anilines is 1. The Bertz CT molecular complexity index is 1150. The van der Waals surface area contributed by atoms with Crippen LogP contribution in [0, 0.1) is 19.8 Å². The van der Waals surface area contributed by atoms with Gasteiger partial charge >= 0.3 is 0 Å². The van der Waals surface area contributed by atoms with Gasteiger partial charge in [-0.1, -0.05) is 74.2 Å². The Kier molecular flexibility index (Phi) is 8.01. The number of nitrogens with zero attached hydrogens (tertiary/aromatic N) is 3. The minimum Gasteiger partial charge on any atom is -0.333 e. The zero-order chi connectivity index (χ0) is 24.8. The van der Waals surface area contributed by atoms with Gasteiger partial charge in [-0.3, -0.25) is 9.59 Å². The Morgan fingerprint density at radius 1 is 1.03 bits per heavy atom. The van der Waals surface area contributed by atoms with Crippen LogP contribution in [0.4, 0.5) is 5.82 Å². The van der Waals surface area contributed by atoms with Gasteiger partial charge in [0.2, 0.25) is 11.8 Å². The molecular formula is C29H36N4O2. The van der Waals surface area contributed by atoms with Crippen LogP contribution >= 0.6 is 0 Å². The number of unbranched alkanes of at least 4 members (excludes halogenated alkanes) is 1. The van der Waals surface area contributed by atoms with Crippen LogP contribution in [0.2, 0.25) is 0 Å². The van der Waals surface area contributed by atoms with Crippen molar-refractivity contribution in [2.24, 2.45) is 5.92 Å². The van der Waals surface area contributed by atoms with Crippen LogP contribution in [-0.2, 0) is 9.59 Å². The van der Waals surface area contributed by atoms with Crippen molar-refractivity contribution in [3.8, 4) is 16.8 Å². The fourth-order valence-corrected chi connectivity index (χ4v) is 4.86. The molecule has 1 saturated carbocycles. The third-order valence-electron chi connectivity index (χ3n) is 6.79. The first-order valence-corrected chi connectivity index (χ1v) is 12.8. The SMILES string of the molecule is CCCCN(CC(=O)Nc1c(-c2ccccc2)c(C)nn1-c1ccc(C)cc1)C(=O)C1CCCC1. The van der Waals surface area contributed by atoms with E-state index in [-0.39, 0.29) is 24.3 Å². The summed E-state index contributed by atoms with van der Waals surface area (Å²) in [5.74, 6) is 0.613. The average molecular weight is 473 g/mol. The lowest BCUT2D eigenvalue weighted by atomic mass is 10.1. The van der Waals surface area contributed by atoms with Crippen LogP contribution in [-0.4, -0.2) is 39.6 Å². The Hall–Kier alpha value is -3.41. The second-order valence-corrected chi connectivity index (χ2v) is 9.57. The summed E-state index contributed by atoms with van der Waals surface area (Å²) in [6, 6.07) is 18.1. The summed E-state index contributed by atoms with van der Waals surface area (Å²) >= 11 is 0. The largest absolute Gasteiger partial charge is 0.333 e. The van der Waals surface area contributed by atoms with Gasteiger partial charge in [-0.25, -0.2) is 4.68 Å². The summed E-state index contributed by atoms with van der Waals surface area (Å²) < 4.78 is 1.80. The van der Waals surface area contributed by atoms with Crippen molar-refractivity contribution in [1.29, 1.82) is 0 Å². The average Bonchev–Trinajstić information content (AvgIpc) is 3.51. The van der Waals surface area contributed by atoms with Crippen LogP contribution < -0.4 is 5.32 Å². The van der Waals surface area contributed by atoms with Gasteiger partial charge in [-0.2, -0.15) is 5.10 Å². The van der Waals surface area contributed by atoms with Crippen LogP contribution in [0.15, 0.2) is 54.6 Å². The van der Waals surface area contributed by atoms with E-state index in [4.69, 9.17) is 5.10 Å². The molecule has 0 unspecified atom stereocenters. The molecule has 1 aromatic heterocycles. The molecule has 0 aliphatic heterocycles. The zero-order valence-corrected chi connectivity index (χ0v) is 21.1. The van der Waals surface area contributed by atoms with Crippen LogP contribution in [0.1, 0.15) is 56.7 Å². The number of nitrogens with one attached hydrogen (secondary N) is 1. The first-order chi connectivity index (χ1) is 17.0. The molecule has 1 fully saturated rings. The van der Waals surface area contributed by atoms with E-state index in [0.717, 1.165) is 66.6 Å². The van der Waals surface area contributed by atoms with Gasteiger partial charge in [0.15, 0.2) is 0 Å². The molecule has 1 aliphatic rings. The fourth-order valence-electron chi connectivity index (χ4n) is 4.86. The van der Waals surface area contributed by atoms with Crippen molar-refractivity contribution in [2.75, 3.05) is 18.4 Å². The maximum absolute atomic E-state index is 13.4. The highest BCUT2D eigenvalue weighted by Crippen LogP contribution is 2.33. The summed E-state index contributed by atoms with van der Waals surface area (Å²) in [4.78, 5) is 28.3. The molecule has 6 heteroatoms. The van der Waals surface area contributed by atoms with E-state index in [1.54, 1.807) is 9.58 Å². The molecule has 1 aliphatic carbocycles. The van der Waals surface area contributed by atoms with Gasteiger partial charge in [-0.15, -0.1) is 0 Å². The van der Waals surface area contributed by atoms with Crippen molar-refractivity contribution in [1.82, 2.24) is 14.7 Å². The molecule has 0 spiro atoms. The molecule has 1 N–H and O–H groups in total. The van der Waals surface area contributed by atoms with Gasteiger partial charge in [0, 0.05) is 18.0 Å². The molecule has 0 bridgehead atoms. The summed E-state index contributed by atoms with van der Waals surface area (Å²) in [5.41, 5.74) is 4.74. The molecule has 0 saturated heterocycles. The Morgan fingerprint density at radius 3 is 2.37 bits per heavy atom. The van der Waals surface area contributed by atoms with Crippen LogP contribution in [0.3, 0.4) is 0 Å². The first kappa shape index (κ1) is 24.7. The molecule has 0 radical (unpaired) electrons. The Morgan fingerprint density at radius 2 is 1.71 bits per heavy atom. The summed E-state index contributed by atoms with van der Waals surface area (Å²) in [7, 11) is 0. The van der Waals surface area contributed by atoms with E-state index >= 15 is 0 Å². The molecule has 184 valence electrons. The smallest absolute Gasteiger partial charge is 0.245 e.